The minimum Gasteiger partial charge on any atom is -0.409 e. The van der Waals surface area contributed by atoms with Crippen molar-refractivity contribution >= 4 is 22.6 Å². The Bertz CT molecular complexity index is 679. The topological polar surface area (TPSA) is 74.7 Å². The van der Waals surface area contributed by atoms with Gasteiger partial charge in [-0.2, -0.15) is 0 Å². The molecule has 1 aliphatic rings. The van der Waals surface area contributed by atoms with Gasteiger partial charge in [0.25, 0.3) is 0 Å². The van der Waals surface area contributed by atoms with E-state index < -0.39 is 0 Å². The fourth-order valence-corrected chi connectivity index (χ4v) is 2.66. The Balaban J connectivity index is 2.17. The van der Waals surface area contributed by atoms with Crippen LogP contribution in [0.3, 0.4) is 0 Å². The van der Waals surface area contributed by atoms with Gasteiger partial charge in [-0.15, -0.1) is 0 Å². The van der Waals surface area contributed by atoms with E-state index in [1.807, 2.05) is 30.3 Å². The molecule has 0 radical (unpaired) electrons. The van der Waals surface area contributed by atoms with E-state index in [4.69, 9.17) is 15.9 Å². The van der Waals surface area contributed by atoms with E-state index in [0.29, 0.717) is 11.6 Å². The highest BCUT2D eigenvalue weighted by Crippen LogP contribution is 2.34. The Morgan fingerprint density at radius 2 is 2.19 bits per heavy atom. The van der Waals surface area contributed by atoms with Gasteiger partial charge < -0.3 is 15.8 Å². The zero-order chi connectivity index (χ0) is 14.8. The summed E-state index contributed by atoms with van der Waals surface area (Å²) in [6.45, 7) is 3.08. The minimum atomic E-state index is 0.116. The molecule has 3 rings (SSSR count). The lowest BCUT2D eigenvalue weighted by atomic mass is 10.1. The molecule has 0 aliphatic heterocycles. The number of hydrogen-bond acceptors (Lipinski definition) is 4. The normalized spacial score (nSPS) is 15.4. The molecule has 0 amide bonds. The summed E-state index contributed by atoms with van der Waals surface area (Å²) in [7, 11) is 0. The third-order valence-corrected chi connectivity index (χ3v) is 3.81. The quantitative estimate of drug-likeness (QED) is 0.383. The molecule has 0 unspecified atom stereocenters. The third kappa shape index (κ3) is 2.63. The highest BCUT2D eigenvalue weighted by molar-refractivity contribution is 6.04. The number of amidine groups is 1. The molecule has 1 aromatic heterocycles. The number of pyridine rings is 1. The summed E-state index contributed by atoms with van der Waals surface area (Å²) in [5.41, 5.74) is 7.51. The first kappa shape index (κ1) is 13.7. The van der Waals surface area contributed by atoms with Crippen molar-refractivity contribution in [2.24, 2.45) is 10.9 Å². The summed E-state index contributed by atoms with van der Waals surface area (Å²) < 4.78 is 0. The predicted molar refractivity (Wildman–Crippen MR) is 84.9 cm³/mol. The molecule has 2 aromatic rings. The van der Waals surface area contributed by atoms with Gasteiger partial charge in [0.2, 0.25) is 0 Å². The molecular formula is C16H20N4O. The lowest BCUT2D eigenvalue weighted by Crippen LogP contribution is -2.30. The minimum absolute atomic E-state index is 0.116. The average molecular weight is 284 g/mol. The van der Waals surface area contributed by atoms with Crippen LogP contribution in [0.25, 0.3) is 10.9 Å². The maximum atomic E-state index is 9.07. The van der Waals surface area contributed by atoms with Crippen LogP contribution in [-0.4, -0.2) is 28.6 Å². The largest absolute Gasteiger partial charge is 0.409 e. The molecule has 1 aliphatic carbocycles. The van der Waals surface area contributed by atoms with Crippen molar-refractivity contribution in [3.63, 3.8) is 0 Å². The Labute approximate surface area is 124 Å². The first-order valence-corrected chi connectivity index (χ1v) is 7.39. The molecule has 1 fully saturated rings. The number of para-hydroxylation sites is 1. The van der Waals surface area contributed by atoms with Gasteiger partial charge in [-0.05, 0) is 31.4 Å². The zero-order valence-corrected chi connectivity index (χ0v) is 12.2. The number of nitrogens with zero attached hydrogens (tertiary/aromatic N) is 3. The molecule has 1 heterocycles. The van der Waals surface area contributed by atoms with Crippen LogP contribution < -0.4 is 10.6 Å². The van der Waals surface area contributed by atoms with E-state index in [1.165, 1.54) is 12.8 Å². The second-order valence-corrected chi connectivity index (χ2v) is 5.46. The fourth-order valence-electron chi connectivity index (χ4n) is 2.66. The SMILES string of the molecule is CCCN(c1nc2ccccc2cc1C(N)=NO)C1CC1. The number of fused-ring (bicyclic) bond motifs is 1. The molecule has 0 spiro atoms. The molecule has 21 heavy (non-hydrogen) atoms. The number of nitrogens with two attached hydrogens (primary N) is 1. The number of aromatic nitrogens is 1. The van der Waals surface area contributed by atoms with E-state index in [-0.39, 0.29) is 5.84 Å². The molecule has 5 nitrogen and oxygen atoms in total. The Kier molecular flexibility index (Phi) is 3.64. The molecule has 1 saturated carbocycles. The lowest BCUT2D eigenvalue weighted by molar-refractivity contribution is 0.318. The lowest BCUT2D eigenvalue weighted by Gasteiger charge is -2.25. The van der Waals surface area contributed by atoms with Gasteiger partial charge in [0.15, 0.2) is 5.84 Å². The van der Waals surface area contributed by atoms with E-state index in [9.17, 15) is 0 Å². The van der Waals surface area contributed by atoms with Crippen molar-refractivity contribution < 1.29 is 5.21 Å². The van der Waals surface area contributed by atoms with E-state index in [0.717, 1.165) is 29.7 Å². The maximum absolute atomic E-state index is 9.07. The number of hydrogen-bond donors (Lipinski definition) is 2. The van der Waals surface area contributed by atoms with Gasteiger partial charge in [0.1, 0.15) is 5.82 Å². The van der Waals surface area contributed by atoms with Crippen LogP contribution in [0.2, 0.25) is 0 Å². The summed E-state index contributed by atoms with van der Waals surface area (Å²) in [5, 5.41) is 13.2. The van der Waals surface area contributed by atoms with E-state index in [1.54, 1.807) is 0 Å². The van der Waals surface area contributed by atoms with Crippen LogP contribution in [0.1, 0.15) is 31.7 Å². The molecular weight excluding hydrogens is 264 g/mol. The van der Waals surface area contributed by atoms with Crippen LogP contribution in [0.4, 0.5) is 5.82 Å². The Morgan fingerprint density at radius 1 is 1.43 bits per heavy atom. The number of oxime groups is 1. The highest BCUT2D eigenvalue weighted by atomic mass is 16.4. The number of rotatable bonds is 5. The molecule has 0 atom stereocenters. The van der Waals surface area contributed by atoms with Crippen molar-refractivity contribution in [2.75, 3.05) is 11.4 Å². The molecule has 0 bridgehead atoms. The first-order valence-electron chi connectivity index (χ1n) is 7.39. The zero-order valence-electron chi connectivity index (χ0n) is 12.2. The summed E-state index contributed by atoms with van der Waals surface area (Å²) in [5.74, 6) is 0.943. The summed E-state index contributed by atoms with van der Waals surface area (Å²) in [4.78, 5) is 7.07. The van der Waals surface area contributed by atoms with Crippen LogP contribution in [-0.2, 0) is 0 Å². The first-order chi connectivity index (χ1) is 10.2. The second kappa shape index (κ2) is 5.60. The molecule has 1 aromatic carbocycles. The van der Waals surface area contributed by atoms with Gasteiger partial charge in [0, 0.05) is 18.0 Å². The van der Waals surface area contributed by atoms with E-state index in [2.05, 4.69) is 17.0 Å². The van der Waals surface area contributed by atoms with Crippen molar-refractivity contribution in [2.45, 2.75) is 32.2 Å². The fraction of sp³-hybridized carbons (Fsp3) is 0.375. The maximum Gasteiger partial charge on any atom is 0.173 e. The van der Waals surface area contributed by atoms with Gasteiger partial charge >= 0.3 is 0 Å². The van der Waals surface area contributed by atoms with Gasteiger partial charge in [-0.3, -0.25) is 0 Å². The monoisotopic (exact) mass is 284 g/mol. The number of benzene rings is 1. The Hall–Kier alpha value is -2.30. The summed E-state index contributed by atoms with van der Waals surface area (Å²) >= 11 is 0. The van der Waals surface area contributed by atoms with Crippen LogP contribution in [0, 0.1) is 0 Å². The summed E-state index contributed by atoms with van der Waals surface area (Å²) in [6.07, 6.45) is 3.41. The van der Waals surface area contributed by atoms with Gasteiger partial charge in [0.05, 0.1) is 11.1 Å². The smallest absolute Gasteiger partial charge is 0.173 e. The van der Waals surface area contributed by atoms with Crippen molar-refractivity contribution in [1.82, 2.24) is 4.98 Å². The van der Waals surface area contributed by atoms with Crippen LogP contribution >= 0.6 is 0 Å². The van der Waals surface area contributed by atoms with E-state index >= 15 is 0 Å². The van der Waals surface area contributed by atoms with Crippen molar-refractivity contribution in [3.8, 4) is 0 Å². The average Bonchev–Trinajstić information content (AvgIpc) is 3.35. The van der Waals surface area contributed by atoms with Crippen molar-refractivity contribution in [3.05, 3.63) is 35.9 Å². The predicted octanol–water partition coefficient (Wildman–Crippen LogP) is 2.71. The van der Waals surface area contributed by atoms with Gasteiger partial charge in [-0.25, -0.2) is 4.98 Å². The molecule has 0 saturated heterocycles. The number of anilines is 1. The standard InChI is InChI=1S/C16H20N4O/c1-2-9-20(12-7-8-12)16-13(15(17)19-21)10-11-5-3-4-6-14(11)18-16/h3-6,10,12,21H,2,7-9H2,1H3,(H2,17,19). The third-order valence-electron chi connectivity index (χ3n) is 3.81. The molecule has 5 heteroatoms. The second-order valence-electron chi connectivity index (χ2n) is 5.46. The van der Waals surface area contributed by atoms with Gasteiger partial charge in [-0.1, -0.05) is 30.3 Å². The van der Waals surface area contributed by atoms with Crippen LogP contribution in [0.15, 0.2) is 35.5 Å². The van der Waals surface area contributed by atoms with Crippen molar-refractivity contribution in [1.29, 1.82) is 0 Å². The van der Waals surface area contributed by atoms with Crippen LogP contribution in [0.5, 0.6) is 0 Å². The Morgan fingerprint density at radius 3 is 2.86 bits per heavy atom. The highest BCUT2D eigenvalue weighted by Gasteiger charge is 2.31. The molecule has 110 valence electrons. The molecule has 3 N–H and O–H groups in total. The summed E-state index contributed by atoms with van der Waals surface area (Å²) in [6, 6.07) is 10.4.